The van der Waals surface area contributed by atoms with Gasteiger partial charge in [0, 0.05) is 22.3 Å². The molecule has 0 saturated carbocycles. The third-order valence-corrected chi connectivity index (χ3v) is 5.19. The molecule has 0 spiro atoms. The number of rotatable bonds is 6. The Labute approximate surface area is 176 Å². The average Bonchev–Trinajstić information content (AvgIpc) is 2.97. The van der Waals surface area contributed by atoms with Crippen LogP contribution < -0.4 is 14.8 Å². The summed E-state index contributed by atoms with van der Waals surface area (Å²) in [6.45, 7) is -0.385. The van der Waals surface area contributed by atoms with Gasteiger partial charge in [-0.15, -0.1) is 0 Å². The van der Waals surface area contributed by atoms with Crippen LogP contribution in [0.4, 0.5) is 10.5 Å². The van der Waals surface area contributed by atoms with Crippen molar-refractivity contribution in [3.05, 3.63) is 58.0 Å². The van der Waals surface area contributed by atoms with Crippen molar-refractivity contribution in [2.24, 2.45) is 0 Å². The Balaban J connectivity index is 1.73. The molecule has 0 radical (unpaired) electrons. The third kappa shape index (κ3) is 4.90. The highest BCUT2D eigenvalue weighted by atomic mass is 35.5. The fourth-order valence-electron chi connectivity index (χ4n) is 2.59. The number of anilines is 1. The standard InChI is InChI=1S/C20H17ClN2O5S/c1-27-15-8-3-12(16(10-15)28-2)9-17-19(25)23(20(26)29-17)11-18(24)22-14-6-4-13(21)5-7-14/h3-10H,11H2,1-2H3,(H,22,24)/b17-9+. The Kier molecular flexibility index (Phi) is 6.46. The third-order valence-electron chi connectivity index (χ3n) is 4.03. The molecule has 0 aliphatic carbocycles. The number of methoxy groups -OCH3 is 2. The van der Waals surface area contributed by atoms with Gasteiger partial charge in [0.2, 0.25) is 5.91 Å². The number of hydrogen-bond donors (Lipinski definition) is 1. The van der Waals surface area contributed by atoms with Crippen molar-refractivity contribution in [3.8, 4) is 11.5 Å². The molecule has 9 heteroatoms. The van der Waals surface area contributed by atoms with E-state index in [0.29, 0.717) is 27.8 Å². The molecule has 0 unspecified atom stereocenters. The molecule has 3 amide bonds. The number of nitrogens with one attached hydrogen (secondary N) is 1. The van der Waals surface area contributed by atoms with Crippen LogP contribution in [0.2, 0.25) is 5.02 Å². The molecule has 29 heavy (non-hydrogen) atoms. The minimum atomic E-state index is -0.538. The van der Waals surface area contributed by atoms with E-state index in [2.05, 4.69) is 5.32 Å². The molecular formula is C20H17ClN2O5S. The first-order chi connectivity index (χ1) is 13.9. The number of ether oxygens (including phenoxy) is 2. The molecule has 7 nitrogen and oxygen atoms in total. The number of benzene rings is 2. The molecule has 1 saturated heterocycles. The molecular weight excluding hydrogens is 416 g/mol. The first-order valence-electron chi connectivity index (χ1n) is 8.44. The number of amides is 3. The Bertz CT molecular complexity index is 991. The molecule has 2 aromatic carbocycles. The Morgan fingerprint density at radius 1 is 1.14 bits per heavy atom. The predicted octanol–water partition coefficient (Wildman–Crippen LogP) is 4.03. The summed E-state index contributed by atoms with van der Waals surface area (Å²) in [4.78, 5) is 38.2. The highest BCUT2D eigenvalue weighted by Gasteiger charge is 2.36. The first-order valence-corrected chi connectivity index (χ1v) is 9.63. The normalized spacial score (nSPS) is 15.0. The number of halogens is 1. The van der Waals surface area contributed by atoms with Gasteiger partial charge >= 0.3 is 0 Å². The summed E-state index contributed by atoms with van der Waals surface area (Å²) in [7, 11) is 3.04. The van der Waals surface area contributed by atoms with Crippen LogP contribution in [0.5, 0.6) is 11.5 Å². The lowest BCUT2D eigenvalue weighted by Crippen LogP contribution is -2.36. The number of nitrogens with zero attached hydrogens (tertiary/aromatic N) is 1. The van der Waals surface area contributed by atoms with E-state index in [4.69, 9.17) is 21.1 Å². The van der Waals surface area contributed by atoms with E-state index in [1.807, 2.05) is 0 Å². The number of carbonyl (C=O) groups is 3. The van der Waals surface area contributed by atoms with Gasteiger partial charge in [-0.05, 0) is 54.2 Å². The second kappa shape index (κ2) is 9.02. The zero-order valence-electron chi connectivity index (χ0n) is 15.6. The maximum Gasteiger partial charge on any atom is 0.294 e. The summed E-state index contributed by atoms with van der Waals surface area (Å²) in [5, 5.41) is 2.65. The van der Waals surface area contributed by atoms with E-state index >= 15 is 0 Å². The summed E-state index contributed by atoms with van der Waals surface area (Å²) < 4.78 is 10.5. The van der Waals surface area contributed by atoms with Gasteiger partial charge in [0.25, 0.3) is 11.1 Å². The fourth-order valence-corrected chi connectivity index (χ4v) is 3.55. The largest absolute Gasteiger partial charge is 0.497 e. The Morgan fingerprint density at radius 3 is 2.52 bits per heavy atom. The van der Waals surface area contributed by atoms with Crippen molar-refractivity contribution in [1.29, 1.82) is 0 Å². The van der Waals surface area contributed by atoms with Gasteiger partial charge in [0.05, 0.1) is 19.1 Å². The topological polar surface area (TPSA) is 84.9 Å². The number of thioether (sulfide) groups is 1. The van der Waals surface area contributed by atoms with Crippen LogP contribution in [0, 0.1) is 0 Å². The highest BCUT2D eigenvalue weighted by molar-refractivity contribution is 8.18. The smallest absolute Gasteiger partial charge is 0.294 e. The van der Waals surface area contributed by atoms with Crippen molar-refractivity contribution in [2.75, 3.05) is 26.1 Å². The lowest BCUT2D eigenvalue weighted by atomic mass is 10.1. The van der Waals surface area contributed by atoms with Gasteiger partial charge in [-0.1, -0.05) is 11.6 Å². The molecule has 1 aliphatic heterocycles. The van der Waals surface area contributed by atoms with Crippen molar-refractivity contribution in [1.82, 2.24) is 4.90 Å². The summed E-state index contributed by atoms with van der Waals surface area (Å²) in [5.74, 6) is 0.0737. The molecule has 150 valence electrons. The summed E-state index contributed by atoms with van der Waals surface area (Å²) in [6.07, 6.45) is 1.56. The number of imide groups is 1. The Morgan fingerprint density at radius 2 is 1.86 bits per heavy atom. The van der Waals surface area contributed by atoms with E-state index in [-0.39, 0.29) is 11.4 Å². The van der Waals surface area contributed by atoms with Gasteiger partial charge in [0.1, 0.15) is 18.0 Å². The SMILES string of the molecule is COc1ccc(/C=C2/SC(=O)N(CC(=O)Nc3ccc(Cl)cc3)C2=O)c(OC)c1. The van der Waals surface area contributed by atoms with E-state index in [0.717, 1.165) is 16.7 Å². The second-order valence-electron chi connectivity index (χ2n) is 5.93. The fraction of sp³-hybridized carbons (Fsp3) is 0.150. The van der Waals surface area contributed by atoms with Gasteiger partial charge in [-0.25, -0.2) is 0 Å². The summed E-state index contributed by atoms with van der Waals surface area (Å²) >= 11 is 6.58. The minimum absolute atomic E-state index is 0.206. The molecule has 1 aliphatic rings. The maximum absolute atomic E-state index is 12.6. The van der Waals surface area contributed by atoms with Crippen LogP contribution in [-0.4, -0.2) is 42.7 Å². The summed E-state index contributed by atoms with van der Waals surface area (Å²) in [6, 6.07) is 11.6. The molecule has 0 atom stereocenters. The van der Waals surface area contributed by atoms with Crippen molar-refractivity contribution >= 4 is 52.2 Å². The minimum Gasteiger partial charge on any atom is -0.497 e. The Hall–Kier alpha value is -2.97. The molecule has 1 N–H and O–H groups in total. The number of hydrogen-bond acceptors (Lipinski definition) is 6. The van der Waals surface area contributed by atoms with Gasteiger partial charge in [-0.3, -0.25) is 19.3 Å². The molecule has 1 heterocycles. The van der Waals surface area contributed by atoms with Gasteiger partial charge < -0.3 is 14.8 Å². The monoisotopic (exact) mass is 432 g/mol. The molecule has 3 rings (SSSR count). The van der Waals surface area contributed by atoms with E-state index in [1.54, 1.807) is 48.5 Å². The zero-order chi connectivity index (χ0) is 21.0. The summed E-state index contributed by atoms with van der Waals surface area (Å²) in [5.41, 5.74) is 1.13. The van der Waals surface area contributed by atoms with E-state index < -0.39 is 17.1 Å². The lowest BCUT2D eigenvalue weighted by Gasteiger charge is -2.12. The molecule has 2 aromatic rings. The lowest BCUT2D eigenvalue weighted by molar-refractivity contribution is -0.127. The van der Waals surface area contributed by atoms with Gasteiger partial charge in [0.15, 0.2) is 0 Å². The molecule has 1 fully saturated rings. The average molecular weight is 433 g/mol. The van der Waals surface area contributed by atoms with Crippen LogP contribution in [0.3, 0.4) is 0 Å². The van der Waals surface area contributed by atoms with E-state index in [1.165, 1.54) is 14.2 Å². The number of carbonyl (C=O) groups excluding carboxylic acids is 3. The maximum atomic E-state index is 12.6. The quantitative estimate of drug-likeness (QED) is 0.693. The van der Waals surface area contributed by atoms with E-state index in [9.17, 15) is 14.4 Å². The van der Waals surface area contributed by atoms with Crippen molar-refractivity contribution in [3.63, 3.8) is 0 Å². The molecule has 0 bridgehead atoms. The zero-order valence-corrected chi connectivity index (χ0v) is 17.2. The van der Waals surface area contributed by atoms with Crippen LogP contribution in [0.1, 0.15) is 5.56 Å². The van der Waals surface area contributed by atoms with Crippen LogP contribution in [-0.2, 0) is 9.59 Å². The molecule has 0 aromatic heterocycles. The van der Waals surface area contributed by atoms with Gasteiger partial charge in [-0.2, -0.15) is 0 Å². The van der Waals surface area contributed by atoms with Crippen LogP contribution in [0.15, 0.2) is 47.4 Å². The second-order valence-corrected chi connectivity index (χ2v) is 7.36. The van der Waals surface area contributed by atoms with Crippen molar-refractivity contribution < 1.29 is 23.9 Å². The predicted molar refractivity (Wildman–Crippen MR) is 112 cm³/mol. The van der Waals surface area contributed by atoms with Crippen molar-refractivity contribution in [2.45, 2.75) is 0 Å². The highest BCUT2D eigenvalue weighted by Crippen LogP contribution is 2.35. The van der Waals surface area contributed by atoms with Crippen LogP contribution in [0.25, 0.3) is 6.08 Å². The van der Waals surface area contributed by atoms with Crippen LogP contribution >= 0.6 is 23.4 Å². The first kappa shape index (κ1) is 20.8.